The highest BCUT2D eigenvalue weighted by atomic mass is 15.1. The van der Waals surface area contributed by atoms with E-state index in [1.165, 1.54) is 22.3 Å². The van der Waals surface area contributed by atoms with Gasteiger partial charge in [-0.15, -0.1) is 0 Å². The third-order valence-electron chi connectivity index (χ3n) is 4.05. The van der Waals surface area contributed by atoms with Gasteiger partial charge in [-0.05, 0) is 17.7 Å². The van der Waals surface area contributed by atoms with Gasteiger partial charge in [-0.3, -0.25) is 9.88 Å². The molecule has 1 N–H and O–H groups in total. The fourth-order valence-corrected chi connectivity index (χ4v) is 3.06. The number of aromatic nitrogens is 2. The Bertz CT molecular complexity index is 730. The highest BCUT2D eigenvalue weighted by Crippen LogP contribution is 2.26. The van der Waals surface area contributed by atoms with E-state index in [0.29, 0.717) is 0 Å². The van der Waals surface area contributed by atoms with E-state index in [4.69, 9.17) is 0 Å². The van der Waals surface area contributed by atoms with E-state index >= 15 is 0 Å². The van der Waals surface area contributed by atoms with Gasteiger partial charge in [0.1, 0.15) is 0 Å². The molecule has 100 valence electrons. The molecule has 0 saturated carbocycles. The van der Waals surface area contributed by atoms with Crippen molar-refractivity contribution in [2.45, 2.75) is 19.5 Å². The number of hydrogen-bond donors (Lipinski definition) is 1. The molecule has 1 aliphatic rings. The second-order valence-electron chi connectivity index (χ2n) is 5.43. The third-order valence-corrected chi connectivity index (χ3v) is 4.05. The number of nitrogens with zero attached hydrogens (tertiary/aromatic N) is 2. The molecular weight excluding hydrogens is 246 g/mol. The first-order chi connectivity index (χ1) is 9.90. The van der Waals surface area contributed by atoms with Crippen LogP contribution < -0.4 is 0 Å². The molecule has 0 saturated heterocycles. The number of H-pyrrole nitrogens is 1. The summed E-state index contributed by atoms with van der Waals surface area (Å²) in [6, 6.07) is 14.8. The molecule has 3 nitrogen and oxygen atoms in total. The lowest BCUT2D eigenvalue weighted by molar-refractivity contribution is 0.245. The summed E-state index contributed by atoms with van der Waals surface area (Å²) >= 11 is 0. The van der Waals surface area contributed by atoms with Crippen molar-refractivity contribution in [1.29, 1.82) is 0 Å². The van der Waals surface area contributed by atoms with Crippen LogP contribution in [0.25, 0.3) is 11.0 Å². The van der Waals surface area contributed by atoms with E-state index in [9.17, 15) is 0 Å². The van der Waals surface area contributed by atoms with E-state index in [0.717, 1.165) is 31.6 Å². The van der Waals surface area contributed by atoms with Crippen molar-refractivity contribution in [3.8, 4) is 0 Å². The minimum Gasteiger partial charge on any atom is -0.357 e. The molecule has 0 amide bonds. The van der Waals surface area contributed by atoms with Crippen molar-refractivity contribution >= 4 is 11.0 Å². The summed E-state index contributed by atoms with van der Waals surface area (Å²) in [5, 5.41) is 0. The zero-order valence-electron chi connectivity index (χ0n) is 11.3. The second-order valence-corrected chi connectivity index (χ2v) is 5.43. The number of nitrogens with one attached hydrogen (secondary N) is 1. The Morgan fingerprint density at radius 3 is 2.90 bits per heavy atom. The normalized spacial score (nSPS) is 15.4. The quantitative estimate of drug-likeness (QED) is 0.770. The van der Waals surface area contributed by atoms with Crippen molar-refractivity contribution in [1.82, 2.24) is 14.9 Å². The molecule has 0 aliphatic carbocycles. The molecule has 1 aromatic carbocycles. The SMILES string of the molecule is c1ccc(CN2CCc3[nH]c4cccnc4c3C2)cc1. The van der Waals surface area contributed by atoms with E-state index in [2.05, 4.69) is 51.3 Å². The Hall–Kier alpha value is -2.13. The highest BCUT2D eigenvalue weighted by molar-refractivity contribution is 5.80. The molecule has 0 radical (unpaired) electrons. The lowest BCUT2D eigenvalue weighted by Gasteiger charge is -2.26. The second kappa shape index (κ2) is 4.76. The van der Waals surface area contributed by atoms with Gasteiger partial charge in [0.25, 0.3) is 0 Å². The molecule has 3 aromatic rings. The standard InChI is InChI=1S/C17H17N3/c1-2-5-13(6-3-1)11-20-10-8-15-14(12-20)17-16(19-15)7-4-9-18-17/h1-7,9,19H,8,10-12H2. The van der Waals surface area contributed by atoms with Crippen molar-refractivity contribution in [2.24, 2.45) is 0 Å². The Labute approximate surface area is 118 Å². The summed E-state index contributed by atoms with van der Waals surface area (Å²) < 4.78 is 0. The number of fused-ring (bicyclic) bond motifs is 3. The molecule has 1 aliphatic heterocycles. The van der Waals surface area contributed by atoms with E-state index in [1.54, 1.807) is 0 Å². The monoisotopic (exact) mass is 263 g/mol. The fourth-order valence-electron chi connectivity index (χ4n) is 3.06. The molecule has 0 fully saturated rings. The molecule has 0 unspecified atom stereocenters. The maximum atomic E-state index is 4.54. The molecule has 2 aromatic heterocycles. The van der Waals surface area contributed by atoms with Crippen molar-refractivity contribution in [3.05, 3.63) is 65.5 Å². The van der Waals surface area contributed by atoms with Crippen LogP contribution >= 0.6 is 0 Å². The van der Waals surface area contributed by atoms with Crippen molar-refractivity contribution in [2.75, 3.05) is 6.54 Å². The van der Waals surface area contributed by atoms with Crippen LogP contribution in [0.3, 0.4) is 0 Å². The van der Waals surface area contributed by atoms with E-state index in [-0.39, 0.29) is 0 Å². The summed E-state index contributed by atoms with van der Waals surface area (Å²) in [6.45, 7) is 3.11. The zero-order valence-corrected chi connectivity index (χ0v) is 11.3. The zero-order chi connectivity index (χ0) is 13.4. The molecule has 0 bridgehead atoms. The van der Waals surface area contributed by atoms with Crippen molar-refractivity contribution < 1.29 is 0 Å². The van der Waals surface area contributed by atoms with Gasteiger partial charge in [0.15, 0.2) is 0 Å². The predicted molar refractivity (Wildman–Crippen MR) is 80.4 cm³/mol. The minimum absolute atomic E-state index is 0.987. The van der Waals surface area contributed by atoms with E-state index < -0.39 is 0 Å². The van der Waals surface area contributed by atoms with Gasteiger partial charge in [-0.2, -0.15) is 0 Å². The first kappa shape index (κ1) is 11.7. The topological polar surface area (TPSA) is 31.9 Å². The van der Waals surface area contributed by atoms with Gasteiger partial charge in [-0.1, -0.05) is 30.3 Å². The van der Waals surface area contributed by atoms with Crippen LogP contribution in [-0.4, -0.2) is 21.4 Å². The fraction of sp³-hybridized carbons (Fsp3) is 0.235. The number of benzene rings is 1. The summed E-state index contributed by atoms with van der Waals surface area (Å²) in [4.78, 5) is 10.5. The van der Waals surface area contributed by atoms with Crippen LogP contribution in [0.4, 0.5) is 0 Å². The third kappa shape index (κ3) is 2.00. The average molecular weight is 263 g/mol. The first-order valence-electron chi connectivity index (χ1n) is 7.11. The Morgan fingerprint density at radius 1 is 1.10 bits per heavy atom. The van der Waals surface area contributed by atoms with Crippen LogP contribution in [0, 0.1) is 0 Å². The maximum absolute atomic E-state index is 4.54. The minimum atomic E-state index is 0.987. The van der Waals surface area contributed by atoms with Gasteiger partial charge < -0.3 is 4.98 Å². The van der Waals surface area contributed by atoms with Crippen LogP contribution in [0.5, 0.6) is 0 Å². The van der Waals surface area contributed by atoms with Crippen LogP contribution in [-0.2, 0) is 19.5 Å². The van der Waals surface area contributed by atoms with Gasteiger partial charge in [0.2, 0.25) is 0 Å². The number of aromatic amines is 1. The number of pyridine rings is 1. The van der Waals surface area contributed by atoms with Gasteiger partial charge >= 0.3 is 0 Å². The van der Waals surface area contributed by atoms with Gasteiger partial charge in [0.05, 0.1) is 11.0 Å². The largest absolute Gasteiger partial charge is 0.357 e. The Morgan fingerprint density at radius 2 is 2.00 bits per heavy atom. The molecule has 0 atom stereocenters. The summed E-state index contributed by atoms with van der Waals surface area (Å²) in [7, 11) is 0. The summed E-state index contributed by atoms with van der Waals surface area (Å²) in [5.74, 6) is 0. The maximum Gasteiger partial charge on any atom is 0.0926 e. The number of hydrogen-bond acceptors (Lipinski definition) is 2. The number of rotatable bonds is 2. The van der Waals surface area contributed by atoms with Gasteiger partial charge in [0, 0.05) is 43.5 Å². The average Bonchev–Trinajstić information content (AvgIpc) is 2.86. The lowest BCUT2D eigenvalue weighted by Crippen LogP contribution is -2.29. The molecule has 0 spiro atoms. The van der Waals surface area contributed by atoms with Crippen LogP contribution in [0.2, 0.25) is 0 Å². The smallest absolute Gasteiger partial charge is 0.0926 e. The van der Waals surface area contributed by atoms with Gasteiger partial charge in [-0.25, -0.2) is 0 Å². The molecule has 20 heavy (non-hydrogen) atoms. The van der Waals surface area contributed by atoms with Crippen LogP contribution in [0.1, 0.15) is 16.8 Å². The van der Waals surface area contributed by atoms with Crippen molar-refractivity contribution in [3.63, 3.8) is 0 Å². The predicted octanol–water partition coefficient (Wildman–Crippen LogP) is 3.12. The van der Waals surface area contributed by atoms with Crippen LogP contribution in [0.15, 0.2) is 48.7 Å². The lowest BCUT2D eigenvalue weighted by atomic mass is 10.1. The molecule has 4 rings (SSSR count). The highest BCUT2D eigenvalue weighted by Gasteiger charge is 2.21. The molecular formula is C17H17N3. The summed E-state index contributed by atoms with van der Waals surface area (Å²) in [5.41, 5.74) is 6.42. The molecule has 3 heterocycles. The first-order valence-corrected chi connectivity index (χ1v) is 7.11. The Balaban J connectivity index is 1.63. The molecule has 3 heteroatoms. The summed E-state index contributed by atoms with van der Waals surface area (Å²) in [6.07, 6.45) is 2.96. The van der Waals surface area contributed by atoms with E-state index in [1.807, 2.05) is 12.3 Å². The Kier molecular flexibility index (Phi) is 2.78.